The fourth-order valence-corrected chi connectivity index (χ4v) is 0.456. The third-order valence-electron chi connectivity index (χ3n) is 0.894. The molecular formula is C5H4N2O3. The Morgan fingerprint density at radius 3 is 2.70 bits per heavy atom. The lowest BCUT2D eigenvalue weighted by Crippen LogP contribution is -2.23. The van der Waals surface area contributed by atoms with Gasteiger partial charge < -0.3 is 10.3 Å². The summed E-state index contributed by atoms with van der Waals surface area (Å²) in [5.41, 5.74) is 4.59. The van der Waals surface area contributed by atoms with Crippen LogP contribution in [0.1, 0.15) is 10.5 Å². The molecule has 2 N–H and O–H groups in total. The zero-order valence-electron chi connectivity index (χ0n) is 4.90. The highest BCUT2D eigenvalue weighted by Gasteiger charge is 2.14. The number of aromatic nitrogens is 1. The molecule has 0 atom stereocenters. The summed E-state index contributed by atoms with van der Waals surface area (Å²) >= 11 is 0. The number of amides is 1. The minimum atomic E-state index is -1.03. The summed E-state index contributed by atoms with van der Waals surface area (Å²) in [6.07, 6.45) is 1.19. The van der Waals surface area contributed by atoms with E-state index in [0.717, 1.165) is 0 Å². The molecule has 0 aliphatic heterocycles. The van der Waals surface area contributed by atoms with Crippen LogP contribution in [-0.2, 0) is 4.79 Å². The Kier molecular flexibility index (Phi) is 1.49. The van der Waals surface area contributed by atoms with Gasteiger partial charge in [-0.3, -0.25) is 9.59 Å². The van der Waals surface area contributed by atoms with E-state index in [1.54, 1.807) is 0 Å². The van der Waals surface area contributed by atoms with Crippen LogP contribution in [0.5, 0.6) is 0 Å². The normalized spacial score (nSPS) is 9.20. The first kappa shape index (κ1) is 6.47. The van der Waals surface area contributed by atoms with Crippen LogP contribution in [0.4, 0.5) is 0 Å². The molecule has 5 heteroatoms. The van der Waals surface area contributed by atoms with Crippen molar-refractivity contribution in [3.8, 4) is 0 Å². The topological polar surface area (TPSA) is 86.2 Å². The minimum Gasteiger partial charge on any atom is -0.364 e. The molecule has 0 aromatic carbocycles. The third-order valence-corrected chi connectivity index (χ3v) is 0.894. The molecule has 1 amide bonds. The Labute approximate surface area is 55.8 Å². The maximum atomic E-state index is 10.6. The first-order valence-electron chi connectivity index (χ1n) is 2.46. The Morgan fingerprint density at radius 1 is 1.60 bits per heavy atom. The Hall–Kier alpha value is -1.65. The maximum absolute atomic E-state index is 10.6. The highest BCUT2D eigenvalue weighted by molar-refractivity contribution is 6.41. The van der Waals surface area contributed by atoms with Crippen LogP contribution in [0, 0.1) is 0 Å². The van der Waals surface area contributed by atoms with Gasteiger partial charge in [0.15, 0.2) is 5.69 Å². The standard InChI is InChI=1S/C5H4N2O3/c6-5(9)4(8)3-1-2-10-7-3/h1-2H,(H2,6,9). The number of nitrogens with zero attached hydrogens (tertiary/aromatic N) is 1. The van der Waals surface area contributed by atoms with Gasteiger partial charge in [-0.15, -0.1) is 0 Å². The lowest BCUT2D eigenvalue weighted by atomic mass is 10.3. The number of primary amides is 1. The summed E-state index contributed by atoms with van der Waals surface area (Å²) < 4.78 is 4.31. The summed E-state index contributed by atoms with van der Waals surface area (Å²) in [7, 11) is 0. The number of rotatable bonds is 2. The molecule has 0 bridgehead atoms. The van der Waals surface area contributed by atoms with Gasteiger partial charge in [0.1, 0.15) is 6.26 Å². The zero-order valence-corrected chi connectivity index (χ0v) is 4.90. The quantitative estimate of drug-likeness (QED) is 0.436. The molecule has 0 saturated carbocycles. The summed E-state index contributed by atoms with van der Waals surface area (Å²) in [4.78, 5) is 20.8. The second-order valence-corrected chi connectivity index (χ2v) is 1.58. The largest absolute Gasteiger partial charge is 0.364 e. The lowest BCUT2D eigenvalue weighted by Gasteiger charge is -1.83. The molecule has 1 aromatic heterocycles. The molecule has 0 aliphatic carbocycles. The third kappa shape index (κ3) is 1.02. The van der Waals surface area contributed by atoms with Crippen molar-refractivity contribution in [2.75, 3.05) is 0 Å². The molecule has 1 rings (SSSR count). The van der Waals surface area contributed by atoms with Crippen LogP contribution < -0.4 is 5.73 Å². The van der Waals surface area contributed by atoms with Crippen molar-refractivity contribution < 1.29 is 14.1 Å². The summed E-state index contributed by atoms with van der Waals surface area (Å²) in [6, 6.07) is 1.27. The van der Waals surface area contributed by atoms with E-state index >= 15 is 0 Å². The van der Waals surface area contributed by atoms with Crippen molar-refractivity contribution in [3.63, 3.8) is 0 Å². The Balaban J connectivity index is 2.88. The monoisotopic (exact) mass is 140 g/mol. The number of ketones is 1. The van der Waals surface area contributed by atoms with Crippen LogP contribution in [0.3, 0.4) is 0 Å². The predicted octanol–water partition coefficient (Wildman–Crippen LogP) is -0.657. The predicted molar refractivity (Wildman–Crippen MR) is 30.0 cm³/mol. The van der Waals surface area contributed by atoms with E-state index in [-0.39, 0.29) is 5.69 Å². The first-order chi connectivity index (χ1) is 4.72. The maximum Gasteiger partial charge on any atom is 0.291 e. The van der Waals surface area contributed by atoms with E-state index in [1.807, 2.05) is 0 Å². The number of carbonyl (C=O) groups excluding carboxylic acids is 2. The molecule has 1 aromatic rings. The average molecular weight is 140 g/mol. The van der Waals surface area contributed by atoms with Crippen molar-refractivity contribution in [1.82, 2.24) is 5.16 Å². The SMILES string of the molecule is NC(=O)C(=O)c1ccon1. The highest BCUT2D eigenvalue weighted by Crippen LogP contribution is 1.94. The molecule has 52 valence electrons. The number of nitrogens with two attached hydrogens (primary N) is 1. The van der Waals surface area contributed by atoms with Crippen LogP contribution in [0.25, 0.3) is 0 Å². The van der Waals surface area contributed by atoms with E-state index in [4.69, 9.17) is 0 Å². The molecule has 0 fully saturated rings. The molecule has 0 spiro atoms. The Morgan fingerprint density at radius 2 is 2.30 bits per heavy atom. The average Bonchev–Trinajstić information content (AvgIpc) is 2.36. The molecular weight excluding hydrogens is 136 g/mol. The van der Waals surface area contributed by atoms with Crippen LogP contribution >= 0.6 is 0 Å². The van der Waals surface area contributed by atoms with Crippen molar-refractivity contribution >= 4 is 11.7 Å². The molecule has 5 nitrogen and oxygen atoms in total. The van der Waals surface area contributed by atoms with Gasteiger partial charge in [0, 0.05) is 6.07 Å². The van der Waals surface area contributed by atoms with E-state index in [1.165, 1.54) is 12.3 Å². The summed E-state index contributed by atoms with van der Waals surface area (Å²) in [5, 5.41) is 3.21. The van der Waals surface area contributed by atoms with Crippen LogP contribution in [0.15, 0.2) is 16.9 Å². The molecule has 0 aliphatic rings. The second-order valence-electron chi connectivity index (χ2n) is 1.58. The van der Waals surface area contributed by atoms with Gasteiger partial charge in [0.25, 0.3) is 11.7 Å². The number of hydrogen-bond acceptors (Lipinski definition) is 4. The molecule has 0 radical (unpaired) electrons. The summed E-state index contributed by atoms with van der Waals surface area (Å²) in [5.74, 6) is -1.87. The van der Waals surface area contributed by atoms with Crippen LogP contribution in [-0.4, -0.2) is 16.8 Å². The fourth-order valence-electron chi connectivity index (χ4n) is 0.456. The molecule has 10 heavy (non-hydrogen) atoms. The minimum absolute atomic E-state index is 0.0625. The van der Waals surface area contributed by atoms with Crippen molar-refractivity contribution in [2.24, 2.45) is 5.73 Å². The van der Waals surface area contributed by atoms with Gasteiger partial charge in [0.05, 0.1) is 0 Å². The number of carbonyl (C=O) groups is 2. The van der Waals surface area contributed by atoms with Gasteiger partial charge >= 0.3 is 0 Å². The highest BCUT2D eigenvalue weighted by atomic mass is 16.5. The van der Waals surface area contributed by atoms with Gasteiger partial charge in [-0.25, -0.2) is 0 Å². The number of hydrogen-bond donors (Lipinski definition) is 1. The van der Waals surface area contributed by atoms with Gasteiger partial charge in [-0.1, -0.05) is 5.16 Å². The Bertz CT molecular complexity index is 252. The van der Waals surface area contributed by atoms with Crippen molar-refractivity contribution in [2.45, 2.75) is 0 Å². The van der Waals surface area contributed by atoms with E-state index in [2.05, 4.69) is 15.4 Å². The van der Waals surface area contributed by atoms with Crippen LogP contribution in [0.2, 0.25) is 0 Å². The summed E-state index contributed by atoms with van der Waals surface area (Å²) in [6.45, 7) is 0. The van der Waals surface area contributed by atoms with E-state index in [0.29, 0.717) is 0 Å². The molecule has 0 saturated heterocycles. The van der Waals surface area contributed by atoms with E-state index in [9.17, 15) is 9.59 Å². The second kappa shape index (κ2) is 2.30. The fraction of sp³-hybridized carbons (Fsp3) is 0. The van der Waals surface area contributed by atoms with Crippen molar-refractivity contribution in [1.29, 1.82) is 0 Å². The van der Waals surface area contributed by atoms with Crippen molar-refractivity contribution in [3.05, 3.63) is 18.0 Å². The van der Waals surface area contributed by atoms with E-state index < -0.39 is 11.7 Å². The number of Topliss-reactive ketones (excluding diaryl/α,β-unsaturated/α-hetero) is 1. The smallest absolute Gasteiger partial charge is 0.291 e. The molecule has 1 heterocycles. The van der Waals surface area contributed by atoms with Gasteiger partial charge in [-0.05, 0) is 0 Å². The molecule has 0 unspecified atom stereocenters. The lowest BCUT2D eigenvalue weighted by molar-refractivity contribution is -0.114. The zero-order chi connectivity index (χ0) is 7.56. The van der Waals surface area contributed by atoms with Gasteiger partial charge in [0.2, 0.25) is 0 Å². The van der Waals surface area contributed by atoms with Gasteiger partial charge in [-0.2, -0.15) is 0 Å². The first-order valence-corrected chi connectivity index (χ1v) is 2.46.